The van der Waals surface area contributed by atoms with Crippen molar-refractivity contribution in [3.05, 3.63) is 41.0 Å². The highest BCUT2D eigenvalue weighted by Gasteiger charge is 2.26. The number of phenolic OH excluding ortho intramolecular Hbond substituents is 1. The summed E-state index contributed by atoms with van der Waals surface area (Å²) in [5.41, 5.74) is 6.00. The summed E-state index contributed by atoms with van der Waals surface area (Å²) in [5.74, 6) is 0.323. The lowest BCUT2D eigenvalue weighted by Gasteiger charge is -2.28. The predicted molar refractivity (Wildman–Crippen MR) is 102 cm³/mol. The molecule has 0 aliphatic carbocycles. The Balaban J connectivity index is 2.85. The molecular weight excluding hydrogens is 281 g/mol. The number of pyridine rings is 1. The van der Waals surface area contributed by atoms with Crippen molar-refractivity contribution in [3.8, 4) is 17.0 Å². The Morgan fingerprint density at radius 3 is 2.09 bits per heavy atom. The summed E-state index contributed by atoms with van der Waals surface area (Å²) in [6, 6.07) is 8.21. The topological polar surface area (TPSA) is 33.1 Å². The number of aryl methyl sites for hydroxylation is 1. The molecule has 0 aliphatic rings. The van der Waals surface area contributed by atoms with E-state index in [0.717, 1.165) is 33.5 Å². The van der Waals surface area contributed by atoms with Gasteiger partial charge in [-0.15, -0.1) is 0 Å². The van der Waals surface area contributed by atoms with Gasteiger partial charge in [-0.1, -0.05) is 59.7 Å². The Morgan fingerprint density at radius 2 is 1.57 bits per heavy atom. The van der Waals surface area contributed by atoms with Crippen LogP contribution in [0.2, 0.25) is 0 Å². The first-order chi connectivity index (χ1) is 10.4. The first kappa shape index (κ1) is 17.6. The summed E-state index contributed by atoms with van der Waals surface area (Å²) in [5, 5.41) is 10.8. The number of nitrogens with zero attached hydrogens (tertiary/aromatic N) is 1. The van der Waals surface area contributed by atoms with Gasteiger partial charge in [0.2, 0.25) is 0 Å². The maximum atomic E-state index is 10.8. The van der Waals surface area contributed by atoms with Crippen LogP contribution < -0.4 is 5.59 Å². The number of phenols is 1. The van der Waals surface area contributed by atoms with Crippen LogP contribution in [0, 0.1) is 6.92 Å². The number of aromatic nitrogens is 1. The SMILES string of the molecule is Bc1ccc(C)c(-c2c(O)cc(C(C)(C)C)cc2C(C)(C)C)n1. The van der Waals surface area contributed by atoms with E-state index < -0.39 is 0 Å². The van der Waals surface area contributed by atoms with Crippen molar-refractivity contribution in [1.82, 2.24) is 4.98 Å². The molecule has 0 amide bonds. The number of hydrogen-bond donors (Lipinski definition) is 1. The molecule has 0 bridgehead atoms. The van der Waals surface area contributed by atoms with Crippen molar-refractivity contribution in [1.29, 1.82) is 0 Å². The van der Waals surface area contributed by atoms with Gasteiger partial charge in [0.25, 0.3) is 0 Å². The van der Waals surface area contributed by atoms with Gasteiger partial charge in [-0.3, -0.25) is 4.98 Å². The number of benzene rings is 1. The highest BCUT2D eigenvalue weighted by molar-refractivity contribution is 6.30. The Morgan fingerprint density at radius 1 is 0.957 bits per heavy atom. The van der Waals surface area contributed by atoms with Crippen LogP contribution in [-0.4, -0.2) is 17.9 Å². The molecule has 0 spiro atoms. The van der Waals surface area contributed by atoms with Gasteiger partial charge in [-0.2, -0.15) is 0 Å². The van der Waals surface area contributed by atoms with Crippen molar-refractivity contribution < 1.29 is 5.11 Å². The average molecular weight is 309 g/mol. The Bertz CT molecular complexity index is 737. The summed E-state index contributed by atoms with van der Waals surface area (Å²) >= 11 is 0. The third-order valence-electron chi connectivity index (χ3n) is 4.26. The Hall–Kier alpha value is -1.77. The Kier molecular flexibility index (Phi) is 4.36. The smallest absolute Gasteiger partial charge is 0.163 e. The van der Waals surface area contributed by atoms with E-state index in [0.29, 0.717) is 5.75 Å². The van der Waals surface area contributed by atoms with Gasteiger partial charge >= 0.3 is 0 Å². The molecule has 0 unspecified atom stereocenters. The number of rotatable bonds is 1. The molecule has 1 aromatic carbocycles. The lowest BCUT2D eigenvalue weighted by molar-refractivity contribution is 0.468. The molecule has 2 nitrogen and oxygen atoms in total. The van der Waals surface area contributed by atoms with Crippen molar-refractivity contribution in [3.63, 3.8) is 0 Å². The molecule has 2 aromatic rings. The predicted octanol–water partition coefficient (Wildman–Crippen LogP) is 3.62. The van der Waals surface area contributed by atoms with E-state index in [2.05, 4.69) is 53.7 Å². The monoisotopic (exact) mass is 309 g/mol. The fourth-order valence-corrected chi connectivity index (χ4v) is 2.78. The van der Waals surface area contributed by atoms with Gasteiger partial charge in [0.1, 0.15) is 5.75 Å². The van der Waals surface area contributed by atoms with Crippen LogP contribution in [0.15, 0.2) is 24.3 Å². The van der Waals surface area contributed by atoms with Crippen molar-refractivity contribution in [2.45, 2.75) is 59.3 Å². The van der Waals surface area contributed by atoms with Gasteiger partial charge in [0, 0.05) is 5.56 Å². The van der Waals surface area contributed by atoms with E-state index >= 15 is 0 Å². The molecule has 3 heteroatoms. The van der Waals surface area contributed by atoms with Gasteiger partial charge in [-0.05, 0) is 46.1 Å². The minimum Gasteiger partial charge on any atom is -0.507 e. The maximum Gasteiger partial charge on any atom is 0.163 e. The van der Waals surface area contributed by atoms with E-state index in [1.54, 1.807) is 0 Å². The van der Waals surface area contributed by atoms with Crippen LogP contribution in [0.3, 0.4) is 0 Å². The first-order valence-corrected chi connectivity index (χ1v) is 8.24. The standard InChI is InChI=1S/C20H28BNO/c1-12-8-9-16(21)22-18(12)17-14(20(5,6)7)10-13(11-15(17)23)19(2,3)4/h8-11,23H,21H2,1-7H3. The molecule has 23 heavy (non-hydrogen) atoms. The minimum absolute atomic E-state index is 0.00884. The summed E-state index contributed by atoms with van der Waals surface area (Å²) in [6.45, 7) is 15.1. The summed E-state index contributed by atoms with van der Waals surface area (Å²) < 4.78 is 0. The zero-order chi connectivity index (χ0) is 17.6. The molecule has 1 N–H and O–H groups in total. The zero-order valence-electron chi connectivity index (χ0n) is 15.7. The average Bonchev–Trinajstić information content (AvgIpc) is 2.39. The number of hydrogen-bond acceptors (Lipinski definition) is 2. The summed E-state index contributed by atoms with van der Waals surface area (Å²) in [7, 11) is 1.99. The minimum atomic E-state index is -0.0774. The van der Waals surface area contributed by atoms with Crippen LogP contribution >= 0.6 is 0 Å². The number of aromatic hydroxyl groups is 1. The van der Waals surface area contributed by atoms with Crippen molar-refractivity contribution in [2.75, 3.05) is 0 Å². The lowest BCUT2D eigenvalue weighted by atomic mass is 9.77. The molecule has 0 atom stereocenters. The third kappa shape index (κ3) is 3.60. The molecule has 1 heterocycles. The van der Waals surface area contributed by atoms with Crippen molar-refractivity contribution in [2.24, 2.45) is 0 Å². The van der Waals surface area contributed by atoms with E-state index in [9.17, 15) is 5.11 Å². The molecular formula is C20H28BNO. The van der Waals surface area contributed by atoms with Gasteiger partial charge in [0.05, 0.1) is 5.69 Å². The van der Waals surface area contributed by atoms with E-state index in [-0.39, 0.29) is 10.8 Å². The van der Waals surface area contributed by atoms with Crippen LogP contribution in [0.4, 0.5) is 0 Å². The molecule has 122 valence electrons. The molecule has 0 aliphatic heterocycles. The van der Waals surface area contributed by atoms with Crippen LogP contribution in [0.25, 0.3) is 11.3 Å². The zero-order valence-corrected chi connectivity index (χ0v) is 15.7. The van der Waals surface area contributed by atoms with E-state index in [1.165, 1.54) is 0 Å². The molecule has 0 radical (unpaired) electrons. The quantitative estimate of drug-likeness (QED) is 0.816. The van der Waals surface area contributed by atoms with Gasteiger partial charge in [0.15, 0.2) is 7.85 Å². The molecule has 0 saturated heterocycles. The summed E-state index contributed by atoms with van der Waals surface area (Å²) in [4.78, 5) is 4.71. The highest BCUT2D eigenvalue weighted by Crippen LogP contribution is 2.42. The van der Waals surface area contributed by atoms with Gasteiger partial charge in [-0.25, -0.2) is 0 Å². The third-order valence-corrected chi connectivity index (χ3v) is 4.26. The maximum absolute atomic E-state index is 10.8. The van der Waals surface area contributed by atoms with Crippen LogP contribution in [0.1, 0.15) is 58.2 Å². The van der Waals surface area contributed by atoms with Gasteiger partial charge < -0.3 is 5.11 Å². The lowest BCUT2D eigenvalue weighted by Crippen LogP contribution is -2.19. The fourth-order valence-electron chi connectivity index (χ4n) is 2.78. The fraction of sp³-hybridized carbons (Fsp3) is 0.450. The molecule has 0 saturated carbocycles. The first-order valence-electron chi connectivity index (χ1n) is 8.24. The second-order valence-corrected chi connectivity index (χ2v) is 8.54. The van der Waals surface area contributed by atoms with Crippen LogP contribution in [0.5, 0.6) is 5.75 Å². The molecule has 1 aromatic heterocycles. The summed E-state index contributed by atoms with van der Waals surface area (Å²) in [6.07, 6.45) is 0. The van der Waals surface area contributed by atoms with E-state index in [4.69, 9.17) is 4.98 Å². The Labute approximate surface area is 141 Å². The molecule has 2 rings (SSSR count). The van der Waals surface area contributed by atoms with E-state index in [1.807, 2.05) is 26.9 Å². The second kappa shape index (κ2) is 5.70. The second-order valence-electron chi connectivity index (χ2n) is 8.54. The normalized spacial score (nSPS) is 12.5. The highest BCUT2D eigenvalue weighted by atomic mass is 16.3. The van der Waals surface area contributed by atoms with Crippen LogP contribution in [-0.2, 0) is 10.8 Å². The van der Waals surface area contributed by atoms with Crippen molar-refractivity contribution >= 4 is 13.4 Å². The molecule has 0 fully saturated rings. The largest absolute Gasteiger partial charge is 0.507 e.